The number of benzene rings is 1. The molecule has 0 saturated carbocycles. The quantitative estimate of drug-likeness (QED) is 0.461. The molecule has 1 aromatic carbocycles. The largest absolute Gasteiger partial charge is 1.00 e. The molecule has 0 nitrogen and oxygen atoms in total. The summed E-state index contributed by atoms with van der Waals surface area (Å²) >= 11 is -2.13. The van der Waals surface area contributed by atoms with Crippen LogP contribution in [0.2, 0.25) is 0 Å². The van der Waals surface area contributed by atoms with Crippen LogP contribution in [0, 0.1) is 10.8 Å². The predicted molar refractivity (Wildman–Crippen MR) is 113 cm³/mol. The van der Waals surface area contributed by atoms with Gasteiger partial charge in [0.1, 0.15) is 0 Å². The van der Waals surface area contributed by atoms with Crippen LogP contribution in [-0.2, 0) is 21.0 Å². The topological polar surface area (TPSA) is 0 Å². The molecule has 0 radical (unpaired) electrons. The molecule has 0 amide bonds. The molecule has 1 unspecified atom stereocenters. The average Bonchev–Trinajstić information content (AvgIpc) is 3.12. The van der Waals surface area contributed by atoms with E-state index in [-0.39, 0.29) is 35.6 Å². The Morgan fingerprint density at radius 1 is 0.893 bits per heavy atom. The van der Waals surface area contributed by atoms with E-state index >= 15 is 0 Å². The maximum atomic E-state index is 2.66. The molecule has 0 heterocycles. The Labute approximate surface area is 192 Å². The average molecular weight is 584 g/mol. The molecule has 0 aromatic heterocycles. The molecule has 0 N–H and O–H groups in total. The molecule has 2 aliphatic carbocycles. The van der Waals surface area contributed by atoms with E-state index in [1.165, 1.54) is 12.0 Å². The van der Waals surface area contributed by atoms with Crippen molar-refractivity contribution >= 4 is 8.83 Å². The zero-order chi connectivity index (χ0) is 19.3. The Hall–Kier alpha value is -0.240. The maximum absolute atomic E-state index is 2.66. The van der Waals surface area contributed by atoms with Crippen LogP contribution < -0.4 is 24.8 Å². The van der Waals surface area contributed by atoms with Crippen LogP contribution in [0.25, 0.3) is 5.57 Å². The summed E-state index contributed by atoms with van der Waals surface area (Å²) in [6.45, 7) is 19.0. The van der Waals surface area contributed by atoms with Gasteiger partial charge < -0.3 is 24.8 Å². The maximum Gasteiger partial charge on any atom is -1.00 e. The number of allylic oxidation sites excluding steroid dienone is 6. The molecule has 0 spiro atoms. The van der Waals surface area contributed by atoms with E-state index in [4.69, 9.17) is 0 Å². The molecule has 0 bridgehead atoms. The van der Waals surface area contributed by atoms with Crippen molar-refractivity contribution < 1.29 is 45.8 Å². The summed E-state index contributed by atoms with van der Waals surface area (Å²) in [6, 6.07) is 9.20. The second-order valence-corrected chi connectivity index (χ2v) is 21.2. The first-order chi connectivity index (χ1) is 12.0. The smallest absolute Gasteiger partial charge is 1.00 e. The molecule has 3 heteroatoms. The van der Waals surface area contributed by atoms with Crippen LogP contribution in [0.1, 0.15) is 76.6 Å². The van der Waals surface area contributed by atoms with Crippen LogP contribution in [0.15, 0.2) is 51.4 Å². The third-order valence-corrected chi connectivity index (χ3v) is 17.3. The Bertz CT molecular complexity index is 851. The zero-order valence-corrected chi connectivity index (χ0v) is 23.7. The molecule has 0 saturated heterocycles. The molecule has 3 rings (SSSR count). The standard InChI is InChI=1S/C13H15.C9H13.C3H6.2ClH.Hf/c1-13(2,3)12-9-8-10-6-4-5-7-11(10)12;1-9(2,3)8-6-4-5-7-8;1-3-2;;;/h4-9H,1-3H3;4,6H,7H2,1-3H3;1-2H3;2*1H;/q;;;;;+2/p-2. The van der Waals surface area contributed by atoms with Gasteiger partial charge >= 0.3 is 169 Å². The third-order valence-electron chi connectivity index (χ3n) is 5.75. The van der Waals surface area contributed by atoms with Crippen molar-refractivity contribution in [2.45, 2.75) is 65.5 Å². The summed E-state index contributed by atoms with van der Waals surface area (Å²) in [5.74, 6) is 0. The van der Waals surface area contributed by atoms with Crippen molar-refractivity contribution in [1.82, 2.24) is 0 Å². The predicted octanol–water partition coefficient (Wildman–Crippen LogP) is 1.27. The summed E-state index contributed by atoms with van der Waals surface area (Å²) in [7, 11) is 0. The Kier molecular flexibility index (Phi) is 8.54. The van der Waals surface area contributed by atoms with E-state index in [0.29, 0.717) is 3.67 Å². The van der Waals surface area contributed by atoms with E-state index in [1.807, 2.05) is 0 Å². The van der Waals surface area contributed by atoms with Crippen molar-refractivity contribution in [3.8, 4) is 0 Å². The summed E-state index contributed by atoms with van der Waals surface area (Å²) in [4.78, 5) is 0. The monoisotopic (exact) mass is 584 g/mol. The van der Waals surface area contributed by atoms with Gasteiger partial charge in [-0.3, -0.25) is 0 Å². The third kappa shape index (κ3) is 5.08. The van der Waals surface area contributed by atoms with Gasteiger partial charge in [0.25, 0.3) is 0 Å². The molecular formula is C25H34Cl2Hf. The van der Waals surface area contributed by atoms with Crippen molar-refractivity contribution in [1.29, 1.82) is 0 Å². The van der Waals surface area contributed by atoms with Crippen molar-refractivity contribution in [3.05, 3.63) is 62.5 Å². The molecule has 152 valence electrons. The number of hydrogen-bond acceptors (Lipinski definition) is 0. The van der Waals surface area contributed by atoms with Gasteiger partial charge in [0, 0.05) is 0 Å². The summed E-state index contributed by atoms with van der Waals surface area (Å²) in [5.41, 5.74) is 6.79. The summed E-state index contributed by atoms with van der Waals surface area (Å²) in [5, 5.41) is 0. The normalized spacial score (nSPS) is 18.0. The van der Waals surface area contributed by atoms with Crippen molar-refractivity contribution in [2.75, 3.05) is 0 Å². The second kappa shape index (κ2) is 9.27. The zero-order valence-electron chi connectivity index (χ0n) is 18.6. The van der Waals surface area contributed by atoms with Crippen LogP contribution in [0.4, 0.5) is 0 Å². The molecule has 1 aromatic rings. The van der Waals surface area contributed by atoms with Gasteiger partial charge in [-0.2, -0.15) is 0 Å². The van der Waals surface area contributed by atoms with Gasteiger partial charge in [-0.05, 0) is 0 Å². The fourth-order valence-corrected chi connectivity index (χ4v) is 15.8. The number of halogens is 2. The van der Waals surface area contributed by atoms with Crippen molar-refractivity contribution in [2.24, 2.45) is 10.8 Å². The number of rotatable bonds is 2. The Morgan fingerprint density at radius 2 is 1.50 bits per heavy atom. The first-order valence-corrected chi connectivity index (χ1v) is 15.6. The van der Waals surface area contributed by atoms with E-state index in [9.17, 15) is 0 Å². The Morgan fingerprint density at radius 3 is 2.00 bits per heavy atom. The minimum absolute atomic E-state index is 0. The van der Waals surface area contributed by atoms with Crippen molar-refractivity contribution in [3.63, 3.8) is 0 Å². The van der Waals surface area contributed by atoms with Crippen LogP contribution >= 0.6 is 0 Å². The van der Waals surface area contributed by atoms with Gasteiger partial charge in [-0.25, -0.2) is 0 Å². The SMILES string of the molecule is C[C](C)=[Hf+2]([C]1=CC=C(C(C)(C)C)C1)[CH]1C=C(C(C)(C)C)c2ccccc21.[Cl-].[Cl-]. The number of fused-ring (bicyclic) bond motifs is 1. The molecule has 0 aliphatic heterocycles. The fourth-order valence-electron chi connectivity index (χ4n) is 4.31. The first-order valence-electron chi connectivity index (χ1n) is 9.89. The Balaban J connectivity index is 0.00000196. The van der Waals surface area contributed by atoms with E-state index in [0.717, 1.165) is 0 Å². The molecular weight excluding hydrogens is 550 g/mol. The molecule has 28 heavy (non-hydrogen) atoms. The van der Waals surface area contributed by atoms with Gasteiger partial charge in [-0.1, -0.05) is 0 Å². The van der Waals surface area contributed by atoms with Gasteiger partial charge in [0.2, 0.25) is 0 Å². The van der Waals surface area contributed by atoms with E-state index in [2.05, 4.69) is 97.9 Å². The van der Waals surface area contributed by atoms with Gasteiger partial charge in [-0.15, -0.1) is 0 Å². The minimum Gasteiger partial charge on any atom is -1.00 e. The second-order valence-electron chi connectivity index (χ2n) is 10.1. The van der Waals surface area contributed by atoms with Crippen LogP contribution in [-0.4, -0.2) is 3.26 Å². The summed E-state index contributed by atoms with van der Waals surface area (Å²) in [6.07, 6.45) is 8.81. The number of hydrogen-bond donors (Lipinski definition) is 0. The van der Waals surface area contributed by atoms with Gasteiger partial charge in [0.05, 0.1) is 0 Å². The van der Waals surface area contributed by atoms with E-state index in [1.54, 1.807) is 23.3 Å². The molecule has 0 fully saturated rings. The minimum atomic E-state index is -2.13. The first kappa shape index (κ1) is 25.8. The van der Waals surface area contributed by atoms with Crippen LogP contribution in [0.3, 0.4) is 0 Å². The fraction of sp³-hybridized carbons (Fsp3) is 0.480. The van der Waals surface area contributed by atoms with E-state index < -0.39 is 21.0 Å². The molecule has 1 atom stereocenters. The van der Waals surface area contributed by atoms with Crippen LogP contribution in [0.5, 0.6) is 0 Å². The summed E-state index contributed by atoms with van der Waals surface area (Å²) < 4.78 is 4.21. The van der Waals surface area contributed by atoms with Gasteiger partial charge in [0.15, 0.2) is 0 Å². The molecule has 2 aliphatic rings.